The summed E-state index contributed by atoms with van der Waals surface area (Å²) in [6.45, 7) is 14.4. The van der Waals surface area contributed by atoms with Crippen molar-refractivity contribution in [3.05, 3.63) is 77.7 Å². The molecule has 0 spiro atoms. The number of hydrogen-bond donors (Lipinski definition) is 0. The quantitative estimate of drug-likeness (QED) is 0.312. The minimum Gasteiger partial charge on any atom is -0.338 e. The Bertz CT molecular complexity index is 1330. The van der Waals surface area contributed by atoms with E-state index >= 15 is 0 Å². The van der Waals surface area contributed by atoms with Gasteiger partial charge in [0.1, 0.15) is 0 Å². The maximum atomic E-state index is 13.4. The molecule has 2 aromatic carbocycles. The number of fused-ring (bicyclic) bond motifs is 1. The first kappa shape index (κ1) is 25.6. The molecule has 1 amide bonds. The molecule has 5 heteroatoms. The number of amides is 1. The molecule has 3 heterocycles. The van der Waals surface area contributed by atoms with Gasteiger partial charge in [0, 0.05) is 48.2 Å². The number of nitrogens with zero attached hydrogens (tertiary/aromatic N) is 4. The monoisotopic (exact) mass is 482 g/mol. The van der Waals surface area contributed by atoms with E-state index in [1.807, 2.05) is 60.0 Å². The van der Waals surface area contributed by atoms with Gasteiger partial charge in [-0.15, -0.1) is 0 Å². The molecule has 0 aliphatic carbocycles. The summed E-state index contributed by atoms with van der Waals surface area (Å²) >= 11 is 0. The van der Waals surface area contributed by atoms with E-state index in [2.05, 4.69) is 52.1 Å². The summed E-state index contributed by atoms with van der Waals surface area (Å²) in [7, 11) is 0. The summed E-state index contributed by atoms with van der Waals surface area (Å²) in [6, 6.07) is 14.3. The van der Waals surface area contributed by atoms with Crippen LogP contribution in [0.5, 0.6) is 0 Å². The fourth-order valence-corrected chi connectivity index (χ4v) is 5.37. The second-order valence-corrected chi connectivity index (χ2v) is 9.85. The normalized spacial score (nSPS) is 17.6. The van der Waals surface area contributed by atoms with Crippen LogP contribution >= 0.6 is 0 Å². The fourth-order valence-electron chi connectivity index (χ4n) is 5.37. The molecule has 1 aliphatic rings. The van der Waals surface area contributed by atoms with Crippen LogP contribution in [0.25, 0.3) is 28.0 Å². The third-order valence-corrected chi connectivity index (χ3v) is 6.98. The molecule has 4 aromatic rings. The molecule has 0 bridgehead atoms. The Morgan fingerprint density at radius 1 is 1.00 bits per heavy atom. The minimum atomic E-state index is 0.113. The average molecular weight is 483 g/mol. The molecule has 36 heavy (non-hydrogen) atoms. The van der Waals surface area contributed by atoms with Gasteiger partial charge in [-0.3, -0.25) is 9.36 Å². The zero-order valence-corrected chi connectivity index (χ0v) is 22.5. The highest BCUT2D eigenvalue weighted by molar-refractivity contribution is 5.99. The number of aromatic nitrogens is 3. The highest BCUT2D eigenvalue weighted by atomic mass is 16.2. The maximum absolute atomic E-state index is 13.4. The first-order valence-electron chi connectivity index (χ1n) is 13.3. The standard InChI is InChI=1S/C29H32N4O.C2H6/c1-5-22-18-33(29-30-14-24(15-31-29)25-9-7-6-8-21(25)4)27-13-23(10-11-26(22)27)28(34)32-16-19(2)12-20(3)17-32;1-2/h6-11,13-15,18-20H,5,12,16-17H2,1-4H3;1-2H3. The molecule has 2 aromatic heterocycles. The van der Waals surface area contributed by atoms with Gasteiger partial charge >= 0.3 is 0 Å². The molecule has 1 aliphatic heterocycles. The Balaban J connectivity index is 0.00000148. The molecule has 5 nitrogen and oxygen atoms in total. The predicted molar refractivity (Wildman–Crippen MR) is 149 cm³/mol. The highest BCUT2D eigenvalue weighted by Crippen LogP contribution is 2.28. The maximum Gasteiger partial charge on any atom is 0.253 e. The van der Waals surface area contributed by atoms with Crippen LogP contribution in [0.4, 0.5) is 0 Å². The number of carbonyl (C=O) groups is 1. The lowest BCUT2D eigenvalue weighted by Crippen LogP contribution is -2.42. The van der Waals surface area contributed by atoms with Gasteiger partial charge in [-0.05, 0) is 60.4 Å². The summed E-state index contributed by atoms with van der Waals surface area (Å²) < 4.78 is 2.02. The molecule has 0 N–H and O–H groups in total. The van der Waals surface area contributed by atoms with Crippen molar-refractivity contribution in [2.75, 3.05) is 13.1 Å². The van der Waals surface area contributed by atoms with E-state index in [9.17, 15) is 4.79 Å². The van der Waals surface area contributed by atoms with Gasteiger partial charge in [0.2, 0.25) is 5.95 Å². The van der Waals surface area contributed by atoms with Crippen LogP contribution in [-0.4, -0.2) is 38.4 Å². The summed E-state index contributed by atoms with van der Waals surface area (Å²) in [5.41, 5.74) is 6.26. The van der Waals surface area contributed by atoms with Crippen molar-refractivity contribution in [3.8, 4) is 17.1 Å². The number of benzene rings is 2. The molecular formula is C31H38N4O. The molecule has 1 saturated heterocycles. The van der Waals surface area contributed by atoms with Crippen molar-refractivity contribution in [1.29, 1.82) is 0 Å². The van der Waals surface area contributed by atoms with E-state index < -0.39 is 0 Å². The van der Waals surface area contributed by atoms with E-state index in [-0.39, 0.29) is 5.91 Å². The van der Waals surface area contributed by atoms with Crippen molar-refractivity contribution in [2.45, 2.75) is 54.4 Å². The Morgan fingerprint density at radius 3 is 2.31 bits per heavy atom. The van der Waals surface area contributed by atoms with Crippen LogP contribution in [-0.2, 0) is 6.42 Å². The van der Waals surface area contributed by atoms with Crippen molar-refractivity contribution < 1.29 is 4.79 Å². The first-order valence-corrected chi connectivity index (χ1v) is 13.3. The highest BCUT2D eigenvalue weighted by Gasteiger charge is 2.26. The fraction of sp³-hybridized carbons (Fsp3) is 0.387. The largest absolute Gasteiger partial charge is 0.338 e. The van der Waals surface area contributed by atoms with E-state index in [1.165, 1.54) is 17.5 Å². The molecule has 0 saturated carbocycles. The average Bonchev–Trinajstić information content (AvgIpc) is 3.27. The third-order valence-electron chi connectivity index (χ3n) is 6.98. The Kier molecular flexibility index (Phi) is 7.88. The predicted octanol–water partition coefficient (Wildman–Crippen LogP) is 7.10. The smallest absolute Gasteiger partial charge is 0.253 e. The molecular weight excluding hydrogens is 444 g/mol. The lowest BCUT2D eigenvalue weighted by atomic mass is 9.91. The zero-order valence-electron chi connectivity index (χ0n) is 22.5. The van der Waals surface area contributed by atoms with Gasteiger partial charge in [-0.2, -0.15) is 0 Å². The number of piperidine rings is 1. The molecule has 2 unspecified atom stereocenters. The molecule has 5 rings (SSSR count). The SMILES string of the molecule is CC.CCc1cn(-c2ncc(-c3ccccc3C)cn2)c2cc(C(=O)N3CC(C)CC(C)C3)ccc12. The Hall–Kier alpha value is -3.47. The molecule has 0 radical (unpaired) electrons. The molecule has 1 fully saturated rings. The van der Waals surface area contributed by atoms with Crippen molar-refractivity contribution >= 4 is 16.8 Å². The van der Waals surface area contributed by atoms with Crippen molar-refractivity contribution in [1.82, 2.24) is 19.4 Å². The number of carbonyl (C=O) groups excluding carboxylic acids is 1. The molecule has 2 atom stereocenters. The second kappa shape index (κ2) is 11.1. The molecule has 188 valence electrons. The van der Waals surface area contributed by atoms with Crippen LogP contribution in [0.3, 0.4) is 0 Å². The van der Waals surface area contributed by atoms with E-state index in [4.69, 9.17) is 9.97 Å². The number of likely N-dealkylation sites (tertiary alicyclic amines) is 1. The number of rotatable bonds is 4. The van der Waals surface area contributed by atoms with Crippen LogP contribution in [0.2, 0.25) is 0 Å². The first-order chi connectivity index (χ1) is 17.4. The van der Waals surface area contributed by atoms with Gasteiger partial charge in [-0.25, -0.2) is 9.97 Å². The summed E-state index contributed by atoms with van der Waals surface area (Å²) in [6.07, 6.45) is 7.95. The number of hydrogen-bond acceptors (Lipinski definition) is 3. The zero-order chi connectivity index (χ0) is 25.8. The number of aryl methyl sites for hydroxylation is 2. The topological polar surface area (TPSA) is 51.0 Å². The summed E-state index contributed by atoms with van der Waals surface area (Å²) in [4.78, 5) is 24.8. The van der Waals surface area contributed by atoms with Crippen LogP contribution in [0.15, 0.2) is 61.1 Å². The van der Waals surface area contributed by atoms with Gasteiger partial charge in [-0.1, -0.05) is 65.0 Å². The Labute approximate surface area is 215 Å². The van der Waals surface area contributed by atoms with Crippen LogP contribution in [0.1, 0.15) is 62.5 Å². The van der Waals surface area contributed by atoms with Crippen molar-refractivity contribution in [3.63, 3.8) is 0 Å². The lowest BCUT2D eigenvalue weighted by Gasteiger charge is -2.35. The summed E-state index contributed by atoms with van der Waals surface area (Å²) in [5.74, 6) is 1.80. The van der Waals surface area contributed by atoms with Crippen LogP contribution in [0, 0.1) is 18.8 Å². The lowest BCUT2D eigenvalue weighted by molar-refractivity contribution is 0.0623. The van der Waals surface area contributed by atoms with Gasteiger partial charge in [0.05, 0.1) is 5.52 Å². The minimum absolute atomic E-state index is 0.113. The van der Waals surface area contributed by atoms with Crippen molar-refractivity contribution in [2.24, 2.45) is 11.8 Å². The van der Waals surface area contributed by atoms with E-state index in [0.717, 1.165) is 47.1 Å². The summed E-state index contributed by atoms with van der Waals surface area (Å²) in [5, 5.41) is 1.14. The van der Waals surface area contributed by atoms with E-state index in [0.29, 0.717) is 17.8 Å². The van der Waals surface area contributed by atoms with Gasteiger partial charge in [0.25, 0.3) is 5.91 Å². The third kappa shape index (κ3) is 5.06. The van der Waals surface area contributed by atoms with E-state index in [1.54, 1.807) is 0 Å². The van der Waals surface area contributed by atoms with Gasteiger partial charge < -0.3 is 4.90 Å². The second-order valence-electron chi connectivity index (χ2n) is 9.85. The van der Waals surface area contributed by atoms with Crippen LogP contribution < -0.4 is 0 Å². The Morgan fingerprint density at radius 2 is 1.67 bits per heavy atom. The van der Waals surface area contributed by atoms with Gasteiger partial charge in [0.15, 0.2) is 0 Å².